The minimum Gasteiger partial charge on any atom is -0.310 e. The molecular formula is C78H52N2. The van der Waals surface area contributed by atoms with Gasteiger partial charge < -0.3 is 9.80 Å². The van der Waals surface area contributed by atoms with Crippen LogP contribution in [0, 0.1) is 0 Å². The average Bonchev–Trinajstić information content (AvgIpc) is 3.57. The van der Waals surface area contributed by atoms with Crippen molar-refractivity contribution in [2.45, 2.75) is 0 Å². The number of benzene rings is 15. The molecule has 15 aromatic carbocycles. The van der Waals surface area contributed by atoms with Crippen molar-refractivity contribution in [3.05, 3.63) is 315 Å². The third-order valence-corrected chi connectivity index (χ3v) is 16.1. The molecule has 0 spiro atoms. The molecule has 374 valence electrons. The van der Waals surface area contributed by atoms with E-state index in [9.17, 15) is 0 Å². The van der Waals surface area contributed by atoms with Gasteiger partial charge in [-0.3, -0.25) is 0 Å². The quantitative estimate of drug-likeness (QED) is 0.126. The lowest BCUT2D eigenvalue weighted by Crippen LogP contribution is -2.10. The Hall–Kier alpha value is -10.5. The second kappa shape index (κ2) is 19.8. The van der Waals surface area contributed by atoms with Crippen LogP contribution in [-0.2, 0) is 0 Å². The molecule has 0 aliphatic heterocycles. The van der Waals surface area contributed by atoms with Gasteiger partial charge in [-0.25, -0.2) is 0 Å². The fraction of sp³-hybridized carbons (Fsp3) is 0. The Bertz CT molecular complexity index is 4500. The molecule has 15 rings (SSSR count). The monoisotopic (exact) mass is 1020 g/mol. The number of anilines is 6. The van der Waals surface area contributed by atoms with Crippen molar-refractivity contribution in [1.29, 1.82) is 0 Å². The van der Waals surface area contributed by atoms with E-state index < -0.39 is 0 Å². The number of fused-ring (bicyclic) bond motifs is 6. The van der Waals surface area contributed by atoms with Crippen molar-refractivity contribution in [3.8, 4) is 44.5 Å². The van der Waals surface area contributed by atoms with E-state index in [1.54, 1.807) is 0 Å². The molecule has 0 aromatic heterocycles. The highest BCUT2D eigenvalue weighted by molar-refractivity contribution is 6.23. The fourth-order valence-electron chi connectivity index (χ4n) is 12.2. The fourth-order valence-corrected chi connectivity index (χ4v) is 12.2. The lowest BCUT2D eigenvalue weighted by atomic mass is 9.84. The Morgan fingerprint density at radius 1 is 0.150 bits per heavy atom. The third kappa shape index (κ3) is 8.48. The van der Waals surface area contributed by atoms with E-state index in [0.717, 1.165) is 34.1 Å². The van der Waals surface area contributed by atoms with Gasteiger partial charge in [0.25, 0.3) is 0 Å². The minimum absolute atomic E-state index is 1.07. The topological polar surface area (TPSA) is 6.48 Å². The zero-order valence-corrected chi connectivity index (χ0v) is 43.9. The Labute approximate surface area is 465 Å². The van der Waals surface area contributed by atoms with Gasteiger partial charge in [-0.05, 0) is 194 Å². The lowest BCUT2D eigenvalue weighted by Gasteiger charge is -2.28. The highest BCUT2D eigenvalue weighted by Gasteiger charge is 2.23. The van der Waals surface area contributed by atoms with Gasteiger partial charge in [-0.2, -0.15) is 0 Å². The van der Waals surface area contributed by atoms with Crippen molar-refractivity contribution < 1.29 is 0 Å². The first-order valence-corrected chi connectivity index (χ1v) is 27.5. The second-order valence-electron chi connectivity index (χ2n) is 20.9. The summed E-state index contributed by atoms with van der Waals surface area (Å²) in [6, 6.07) is 116. The molecule has 0 bridgehead atoms. The predicted molar refractivity (Wildman–Crippen MR) is 343 cm³/mol. The van der Waals surface area contributed by atoms with Crippen LogP contribution in [0.25, 0.3) is 109 Å². The highest BCUT2D eigenvalue weighted by atomic mass is 15.1. The molecule has 0 saturated heterocycles. The van der Waals surface area contributed by atoms with Crippen LogP contribution in [0.2, 0.25) is 0 Å². The van der Waals surface area contributed by atoms with Gasteiger partial charge in [-0.1, -0.05) is 231 Å². The largest absolute Gasteiger partial charge is 0.310 e. The number of rotatable bonds is 10. The molecule has 0 atom stereocenters. The molecule has 0 heterocycles. The highest BCUT2D eigenvalue weighted by Crippen LogP contribution is 2.50. The van der Waals surface area contributed by atoms with Gasteiger partial charge in [-0.15, -0.1) is 0 Å². The smallest absolute Gasteiger partial charge is 0.0468 e. The van der Waals surface area contributed by atoms with Gasteiger partial charge in [0.05, 0.1) is 0 Å². The second-order valence-corrected chi connectivity index (χ2v) is 20.9. The normalized spacial score (nSPS) is 11.5. The predicted octanol–water partition coefficient (Wildman–Crippen LogP) is 22.2. The summed E-state index contributed by atoms with van der Waals surface area (Å²) in [5.74, 6) is 0. The van der Waals surface area contributed by atoms with Crippen LogP contribution in [0.3, 0.4) is 0 Å². The molecule has 15 aromatic rings. The standard InChI is InChI=1S/C78H52N2/c1-3-15-53(16-4-1)59-31-37-67(38-32-59)79(69-41-35-57-21-9-13-25-63(57)49-69)71-43-45-73-75(51-71)77(65-29-27-55-19-7-11-23-61(55)47-65)74-46-44-72(52-76(74)78(73)66-30-28-56-20-8-12-24-62(56)48-66)80(70-42-36-58-22-10-14-26-64(58)50-70)68-39-33-60(34-40-68)54-17-5-2-6-18-54/h1-52H. The van der Waals surface area contributed by atoms with Gasteiger partial charge in [0.15, 0.2) is 0 Å². The zero-order valence-electron chi connectivity index (χ0n) is 43.9. The summed E-state index contributed by atoms with van der Waals surface area (Å²) in [5, 5.41) is 14.4. The van der Waals surface area contributed by atoms with E-state index in [1.807, 2.05) is 0 Å². The van der Waals surface area contributed by atoms with E-state index in [4.69, 9.17) is 0 Å². The van der Waals surface area contributed by atoms with E-state index in [0.29, 0.717) is 0 Å². The molecule has 0 aliphatic carbocycles. The van der Waals surface area contributed by atoms with Gasteiger partial charge in [0.1, 0.15) is 0 Å². The number of hydrogen-bond acceptors (Lipinski definition) is 2. The van der Waals surface area contributed by atoms with Crippen LogP contribution < -0.4 is 9.80 Å². The third-order valence-electron chi connectivity index (χ3n) is 16.1. The molecule has 0 amide bonds. The van der Waals surface area contributed by atoms with Crippen LogP contribution in [-0.4, -0.2) is 0 Å². The number of hydrogen-bond donors (Lipinski definition) is 0. The minimum atomic E-state index is 1.07. The molecular weight excluding hydrogens is 965 g/mol. The van der Waals surface area contributed by atoms with Crippen molar-refractivity contribution >= 4 is 98.8 Å². The molecule has 0 aliphatic rings. The van der Waals surface area contributed by atoms with Crippen LogP contribution in [0.1, 0.15) is 0 Å². The van der Waals surface area contributed by atoms with Gasteiger partial charge in [0.2, 0.25) is 0 Å². The SMILES string of the molecule is c1ccc(-c2ccc(N(c3ccc4ccccc4c3)c3ccc4c(-c5ccc6ccccc6c5)c5cc(N(c6ccc(-c7ccccc7)cc6)c6ccc7ccccc7c6)ccc5c(-c5ccc6ccccc6c5)c4c3)cc2)cc1. The van der Waals surface area contributed by atoms with Crippen molar-refractivity contribution in [1.82, 2.24) is 0 Å². The Morgan fingerprint density at radius 2 is 0.412 bits per heavy atom. The summed E-state index contributed by atoms with van der Waals surface area (Å²) in [6.07, 6.45) is 0. The Balaban J connectivity index is 1.01. The van der Waals surface area contributed by atoms with E-state index in [-0.39, 0.29) is 0 Å². The molecule has 0 unspecified atom stereocenters. The van der Waals surface area contributed by atoms with Crippen LogP contribution in [0.15, 0.2) is 315 Å². The van der Waals surface area contributed by atoms with Gasteiger partial charge >= 0.3 is 0 Å². The maximum atomic E-state index is 2.45. The Kier molecular flexibility index (Phi) is 11.6. The van der Waals surface area contributed by atoms with Crippen molar-refractivity contribution in [2.24, 2.45) is 0 Å². The van der Waals surface area contributed by atoms with Crippen LogP contribution in [0.5, 0.6) is 0 Å². The zero-order chi connectivity index (χ0) is 52.9. The lowest BCUT2D eigenvalue weighted by molar-refractivity contribution is 1.29. The molecule has 2 heteroatoms. The Morgan fingerprint density at radius 3 is 0.787 bits per heavy atom. The first kappa shape index (κ1) is 46.7. The van der Waals surface area contributed by atoms with Crippen molar-refractivity contribution in [2.75, 3.05) is 9.80 Å². The number of nitrogens with zero attached hydrogens (tertiary/aromatic N) is 2. The maximum absolute atomic E-state index is 2.45. The maximum Gasteiger partial charge on any atom is 0.0468 e. The first-order valence-electron chi connectivity index (χ1n) is 27.5. The first-order chi connectivity index (χ1) is 39.6. The summed E-state index contributed by atoms with van der Waals surface area (Å²) < 4.78 is 0. The molecule has 0 fully saturated rings. The molecule has 0 N–H and O–H groups in total. The summed E-state index contributed by atoms with van der Waals surface area (Å²) in [4.78, 5) is 4.86. The summed E-state index contributed by atoms with van der Waals surface area (Å²) in [5.41, 5.74) is 16.0. The molecule has 2 nitrogen and oxygen atoms in total. The summed E-state index contributed by atoms with van der Waals surface area (Å²) >= 11 is 0. The molecule has 0 saturated carbocycles. The van der Waals surface area contributed by atoms with E-state index in [1.165, 1.54) is 109 Å². The van der Waals surface area contributed by atoms with Gasteiger partial charge in [0, 0.05) is 34.1 Å². The molecule has 0 radical (unpaired) electrons. The van der Waals surface area contributed by atoms with E-state index in [2.05, 4.69) is 325 Å². The molecule has 80 heavy (non-hydrogen) atoms. The van der Waals surface area contributed by atoms with Crippen molar-refractivity contribution in [3.63, 3.8) is 0 Å². The average molecular weight is 1020 g/mol. The van der Waals surface area contributed by atoms with E-state index >= 15 is 0 Å². The summed E-state index contributed by atoms with van der Waals surface area (Å²) in [6.45, 7) is 0. The van der Waals surface area contributed by atoms with Crippen LogP contribution >= 0.6 is 0 Å². The summed E-state index contributed by atoms with van der Waals surface area (Å²) in [7, 11) is 0. The van der Waals surface area contributed by atoms with Crippen LogP contribution in [0.4, 0.5) is 34.1 Å².